The average molecular weight is 990 g/mol. The van der Waals surface area contributed by atoms with Crippen LogP contribution in [-0.2, 0) is 13.1 Å². The predicted octanol–water partition coefficient (Wildman–Crippen LogP) is 19.3. The third-order valence-corrected chi connectivity index (χ3v) is 16.2. The first-order valence-electron chi connectivity index (χ1n) is 27.2. The summed E-state index contributed by atoms with van der Waals surface area (Å²) in [4.78, 5) is 14.3. The molecule has 0 aliphatic carbocycles. The lowest BCUT2D eigenvalue weighted by Crippen LogP contribution is -1.98. The Morgan fingerprint density at radius 3 is 1.36 bits per heavy atom. The third kappa shape index (κ3) is 9.38. The van der Waals surface area contributed by atoms with Crippen molar-refractivity contribution >= 4 is 82.5 Å². The Balaban J connectivity index is 0.000000122. The number of nitrogens with zero attached hydrogens (tertiary/aromatic N) is 2. The summed E-state index contributed by atoms with van der Waals surface area (Å²) in [7, 11) is 0. The molecule has 0 bridgehead atoms. The molecule has 0 amide bonds. The number of H-pyrrole nitrogens is 1. The van der Waals surface area contributed by atoms with Crippen molar-refractivity contribution in [3.05, 3.63) is 262 Å². The van der Waals surface area contributed by atoms with Gasteiger partial charge in [-0.2, -0.15) is 0 Å². The molecule has 4 nitrogen and oxygen atoms in total. The summed E-state index contributed by atoms with van der Waals surface area (Å²) in [5, 5.41) is 10.7. The number of rotatable bonds is 9. The summed E-state index contributed by atoms with van der Waals surface area (Å²) < 4.78 is 4.84. The van der Waals surface area contributed by atoms with Gasteiger partial charge in [-0.05, 0) is 152 Å². The fourth-order valence-electron chi connectivity index (χ4n) is 11.8. The molecule has 0 fully saturated rings. The first-order valence-corrected chi connectivity index (χ1v) is 27.2. The molecule has 0 radical (unpaired) electrons. The minimum atomic E-state index is 0.282. The smallest absolute Gasteiger partial charge is 0.150 e. The van der Waals surface area contributed by atoms with Gasteiger partial charge in [-0.1, -0.05) is 171 Å². The van der Waals surface area contributed by atoms with Crippen LogP contribution in [0.2, 0.25) is 0 Å². The third-order valence-electron chi connectivity index (χ3n) is 16.2. The van der Waals surface area contributed by atoms with Crippen molar-refractivity contribution in [2.45, 2.75) is 86.2 Å². The largest absolute Gasteiger partial charge is 0.355 e. The maximum atomic E-state index is 10.8. The van der Waals surface area contributed by atoms with Gasteiger partial charge >= 0.3 is 0 Å². The van der Waals surface area contributed by atoms with Crippen molar-refractivity contribution in [3.63, 3.8) is 0 Å². The van der Waals surface area contributed by atoms with Crippen molar-refractivity contribution < 1.29 is 4.79 Å². The Hall–Kier alpha value is -8.47. The molecule has 376 valence electrons. The van der Waals surface area contributed by atoms with E-state index in [1.54, 1.807) is 0 Å². The number of nitrogens with one attached hydrogen (secondary N) is 1. The number of hydrogen-bond acceptors (Lipinski definition) is 1. The highest BCUT2D eigenvalue weighted by Gasteiger charge is 2.18. The number of aldehydes is 1. The van der Waals surface area contributed by atoms with E-state index in [4.69, 9.17) is 0 Å². The van der Waals surface area contributed by atoms with Gasteiger partial charge in [0.1, 0.15) is 6.29 Å². The normalized spacial score (nSPS) is 12.7. The Kier molecular flexibility index (Phi) is 13.8. The zero-order valence-corrected chi connectivity index (χ0v) is 45.2. The molecule has 13 aromatic rings. The van der Waals surface area contributed by atoms with Crippen molar-refractivity contribution in [2.75, 3.05) is 0 Å². The van der Waals surface area contributed by atoms with Crippen LogP contribution in [0.4, 0.5) is 0 Å². The van der Waals surface area contributed by atoms with Gasteiger partial charge in [0.25, 0.3) is 0 Å². The fraction of sp³-hybridized carbons (Fsp3) is 0.181. The molecule has 1 N–H and O–H groups in total. The van der Waals surface area contributed by atoms with Gasteiger partial charge in [0.15, 0.2) is 0 Å². The summed E-state index contributed by atoms with van der Waals surface area (Å²) in [5.41, 5.74) is 20.3. The number of aromatic nitrogens is 3. The molecule has 10 aromatic carbocycles. The zero-order valence-electron chi connectivity index (χ0n) is 45.2. The van der Waals surface area contributed by atoms with Crippen molar-refractivity contribution in [1.82, 2.24) is 14.1 Å². The highest BCUT2D eigenvalue weighted by atomic mass is 16.1. The van der Waals surface area contributed by atoms with Gasteiger partial charge in [-0.25, -0.2) is 0 Å². The first-order chi connectivity index (χ1) is 37.0. The molecule has 13 rings (SSSR count). The van der Waals surface area contributed by atoms with Crippen LogP contribution < -0.4 is 0 Å². The highest BCUT2D eigenvalue weighted by molar-refractivity contribution is 6.10. The van der Waals surface area contributed by atoms with Gasteiger partial charge in [0.05, 0.1) is 0 Å². The molecule has 76 heavy (non-hydrogen) atoms. The average Bonchev–Trinajstić information content (AvgIpc) is 4.16. The van der Waals surface area contributed by atoms with Gasteiger partial charge in [-0.3, -0.25) is 4.79 Å². The van der Waals surface area contributed by atoms with Crippen LogP contribution in [-0.4, -0.2) is 20.4 Å². The second kappa shape index (κ2) is 21.0. The van der Waals surface area contributed by atoms with Crippen molar-refractivity contribution in [3.8, 4) is 0 Å². The van der Waals surface area contributed by atoms with E-state index in [1.165, 1.54) is 126 Å². The lowest BCUT2D eigenvalue weighted by Gasteiger charge is -2.16. The van der Waals surface area contributed by atoms with Crippen LogP contribution in [0, 0.1) is 20.8 Å². The van der Waals surface area contributed by atoms with Crippen LogP contribution in [0.5, 0.6) is 0 Å². The molecule has 0 saturated carbocycles. The number of aromatic amines is 1. The Labute approximate surface area is 447 Å². The number of carbonyl (C=O) groups excluding carboxylic acids is 1. The molecule has 3 aromatic heterocycles. The van der Waals surface area contributed by atoms with Crippen LogP contribution in [0.3, 0.4) is 0 Å². The van der Waals surface area contributed by atoms with Crippen LogP contribution in [0.15, 0.2) is 206 Å². The maximum absolute atomic E-state index is 10.8. The van der Waals surface area contributed by atoms with Gasteiger partial charge in [-0.15, -0.1) is 0 Å². The minimum absolute atomic E-state index is 0.282. The summed E-state index contributed by atoms with van der Waals surface area (Å²) in [6.45, 7) is 19.7. The number of fused-ring (bicyclic) bond motifs is 10. The summed E-state index contributed by atoms with van der Waals surface area (Å²) in [6.07, 6.45) is 0.884. The van der Waals surface area contributed by atoms with Gasteiger partial charge in [0, 0.05) is 102 Å². The second-order valence-electron chi connectivity index (χ2n) is 21.0. The second-order valence-corrected chi connectivity index (χ2v) is 21.0. The van der Waals surface area contributed by atoms with E-state index < -0.39 is 0 Å². The summed E-state index contributed by atoms with van der Waals surface area (Å²) in [5.74, 6) is 1.03. The van der Waals surface area contributed by atoms with E-state index in [-0.39, 0.29) is 5.92 Å². The first kappa shape index (κ1) is 49.7. The molecular weight excluding hydrogens is 923 g/mol. The van der Waals surface area contributed by atoms with Crippen LogP contribution >= 0.6 is 0 Å². The molecule has 0 saturated heterocycles. The van der Waals surface area contributed by atoms with E-state index in [9.17, 15) is 4.79 Å². The van der Waals surface area contributed by atoms with Gasteiger partial charge in [0.2, 0.25) is 0 Å². The highest BCUT2D eigenvalue weighted by Crippen LogP contribution is 2.38. The molecule has 4 heteroatoms. The molecule has 3 heterocycles. The Bertz CT molecular complexity index is 4240. The van der Waals surface area contributed by atoms with Crippen LogP contribution in [0.1, 0.15) is 113 Å². The van der Waals surface area contributed by atoms with Crippen molar-refractivity contribution in [2.24, 2.45) is 0 Å². The summed E-state index contributed by atoms with van der Waals surface area (Å²) in [6, 6.07) is 74.7. The predicted molar refractivity (Wildman–Crippen MR) is 325 cm³/mol. The fourth-order valence-corrected chi connectivity index (χ4v) is 11.8. The lowest BCUT2D eigenvalue weighted by atomic mass is 9.88. The molecule has 3 unspecified atom stereocenters. The van der Waals surface area contributed by atoms with Crippen molar-refractivity contribution in [1.29, 1.82) is 0 Å². The maximum Gasteiger partial charge on any atom is 0.150 e. The molecule has 0 aliphatic rings. The summed E-state index contributed by atoms with van der Waals surface area (Å²) >= 11 is 0. The molecule has 3 atom stereocenters. The minimum Gasteiger partial charge on any atom is -0.355 e. The van der Waals surface area contributed by atoms with E-state index >= 15 is 0 Å². The zero-order chi connectivity index (χ0) is 52.6. The molecule has 0 aliphatic heterocycles. The van der Waals surface area contributed by atoms with E-state index in [0.717, 1.165) is 19.4 Å². The molecule has 0 spiro atoms. The Morgan fingerprint density at radius 1 is 0.382 bits per heavy atom. The van der Waals surface area contributed by atoms with Gasteiger partial charge < -0.3 is 14.1 Å². The molecular formula is C72H67N3O. The lowest BCUT2D eigenvalue weighted by molar-refractivity contribution is 0.112. The van der Waals surface area contributed by atoms with E-state index in [1.807, 2.05) is 24.3 Å². The SMILES string of the molecule is CCn1c2ccc(C)cc2c2cc(C(C)c3cccc4ccccc34)ccc21.CCn1c2ccc(C)cc2c2cc(C(C)c3ccccc3)ccc21.Cc1ccc2[nH]c3ccc(C(C)c4ccc(C=O)cc4)cc3c2c1. The monoisotopic (exact) mass is 990 g/mol. The van der Waals surface area contributed by atoms with E-state index in [0.29, 0.717) is 17.4 Å². The quantitative estimate of drug-likeness (QED) is 0.144. The van der Waals surface area contributed by atoms with E-state index in [2.05, 4.69) is 251 Å². The number of aryl methyl sites for hydroxylation is 5. The topological polar surface area (TPSA) is 42.7 Å². The standard InChI is InChI=1S/C27H25N.C23H23N.C22H19NO/c1-4-28-26-14-12-18(2)16-24(26)25-17-21(13-15-27(25)28)19(3)22-11-7-9-20-8-5-6-10-23(20)22;1-4-24-22-12-10-16(2)14-20(22)21-15-19(11-13-23(21)24)17(3)18-8-6-5-7-9-18;1-14-3-9-21-19(11-14)20-12-18(8-10-22(20)23-21)15(2)17-6-4-16(13-24)5-7-17/h5-17,19H,4H2,1-3H3;5-15,17H,4H2,1-3H3;3-13,15,23H,1-2H3. The number of benzene rings is 10. The number of carbonyl (C=O) groups is 1. The number of hydrogen-bond donors (Lipinski definition) is 1. The Morgan fingerprint density at radius 2 is 0.789 bits per heavy atom. The van der Waals surface area contributed by atoms with Crippen LogP contribution in [0.25, 0.3) is 76.2 Å².